The van der Waals surface area contributed by atoms with Crippen molar-refractivity contribution in [2.24, 2.45) is 0 Å². The van der Waals surface area contributed by atoms with Gasteiger partial charge >= 0.3 is 0 Å². The van der Waals surface area contributed by atoms with Crippen molar-refractivity contribution >= 4 is 46.1 Å². The minimum atomic E-state index is 0.644. The highest BCUT2D eigenvalue weighted by Gasteiger charge is 2.19. The minimum absolute atomic E-state index is 0.644. The van der Waals surface area contributed by atoms with Crippen LogP contribution in [0.3, 0.4) is 0 Å². The van der Waals surface area contributed by atoms with Gasteiger partial charge in [0.05, 0.1) is 0 Å². The van der Waals surface area contributed by atoms with Crippen LogP contribution in [-0.2, 0) is 0 Å². The van der Waals surface area contributed by atoms with E-state index in [1.807, 2.05) is 48.6 Å². The second kappa shape index (κ2) is 7.67. The number of rotatable bonds is 4. The molecule has 0 aliphatic rings. The molecule has 0 bridgehead atoms. The maximum Gasteiger partial charge on any atom is 0.0485 e. The second-order valence-electron chi connectivity index (χ2n) is 6.52. The van der Waals surface area contributed by atoms with Crippen molar-refractivity contribution in [2.75, 3.05) is 0 Å². The molecule has 0 fully saturated rings. The summed E-state index contributed by atoms with van der Waals surface area (Å²) in [6, 6.07) is 24.3. The van der Waals surface area contributed by atoms with E-state index in [1.165, 1.54) is 0 Å². The van der Waals surface area contributed by atoms with Crippen LogP contribution in [0.25, 0.3) is 45.2 Å². The summed E-state index contributed by atoms with van der Waals surface area (Å²) in [5.41, 5.74) is 6.22. The molecule has 0 unspecified atom stereocenters. The van der Waals surface area contributed by atoms with Crippen molar-refractivity contribution in [3.05, 3.63) is 107 Å². The van der Waals surface area contributed by atoms with Gasteiger partial charge in [-0.25, -0.2) is 0 Å². The summed E-state index contributed by atoms with van der Waals surface area (Å²) in [6.45, 7) is 8.20. The van der Waals surface area contributed by atoms with Gasteiger partial charge in [-0.15, -0.1) is 0 Å². The molecule has 0 heterocycles. The van der Waals surface area contributed by atoms with E-state index in [4.69, 9.17) is 23.2 Å². The van der Waals surface area contributed by atoms with Crippen molar-refractivity contribution in [1.29, 1.82) is 0 Å². The van der Waals surface area contributed by atoms with Gasteiger partial charge in [0, 0.05) is 15.6 Å². The van der Waals surface area contributed by atoms with Crippen molar-refractivity contribution < 1.29 is 0 Å². The van der Waals surface area contributed by atoms with Gasteiger partial charge in [-0.2, -0.15) is 0 Å². The largest absolute Gasteiger partial charge is 0.0984 e. The average molecular weight is 401 g/mol. The Balaban J connectivity index is 2.24. The number of hydrogen-bond donors (Lipinski definition) is 0. The zero-order chi connectivity index (χ0) is 19.7. The molecule has 136 valence electrons. The van der Waals surface area contributed by atoms with Crippen molar-refractivity contribution in [2.45, 2.75) is 0 Å². The zero-order valence-electron chi connectivity index (χ0n) is 15.3. The Morgan fingerprint density at radius 1 is 0.643 bits per heavy atom. The molecule has 0 saturated carbocycles. The highest BCUT2D eigenvalue weighted by molar-refractivity contribution is 6.36. The van der Waals surface area contributed by atoms with Gasteiger partial charge in [-0.3, -0.25) is 0 Å². The summed E-state index contributed by atoms with van der Waals surface area (Å²) >= 11 is 12.9. The molecule has 0 spiro atoms. The summed E-state index contributed by atoms with van der Waals surface area (Å²) in [7, 11) is 0. The minimum Gasteiger partial charge on any atom is -0.0984 e. The lowest BCUT2D eigenvalue weighted by Crippen LogP contribution is -1.96. The lowest BCUT2D eigenvalue weighted by molar-refractivity contribution is 1.58. The van der Waals surface area contributed by atoms with E-state index < -0.39 is 0 Å². The first-order valence-corrected chi connectivity index (χ1v) is 9.75. The summed E-state index contributed by atoms with van der Waals surface area (Å²) in [4.78, 5) is 0. The Labute approximate surface area is 175 Å². The van der Waals surface area contributed by atoms with Gasteiger partial charge in [0.25, 0.3) is 0 Å². The van der Waals surface area contributed by atoms with Crippen LogP contribution in [0.2, 0.25) is 10.0 Å². The number of fused-ring (bicyclic) bond motifs is 1. The van der Waals surface area contributed by atoms with Crippen molar-refractivity contribution in [1.82, 2.24) is 0 Å². The molecule has 0 atom stereocenters. The first-order chi connectivity index (χ1) is 13.7. The fourth-order valence-electron chi connectivity index (χ4n) is 3.80. The van der Waals surface area contributed by atoms with E-state index in [9.17, 15) is 0 Å². The first kappa shape index (κ1) is 18.6. The van der Waals surface area contributed by atoms with Gasteiger partial charge in [0.15, 0.2) is 0 Å². The molecular formula is C26H18Cl2. The van der Waals surface area contributed by atoms with Crippen LogP contribution < -0.4 is 0 Å². The summed E-state index contributed by atoms with van der Waals surface area (Å²) in [6.07, 6.45) is 3.77. The third-order valence-corrected chi connectivity index (χ3v) is 5.53. The maximum atomic E-state index is 6.59. The first-order valence-electron chi connectivity index (χ1n) is 9.00. The third kappa shape index (κ3) is 3.05. The molecule has 28 heavy (non-hydrogen) atoms. The van der Waals surface area contributed by atoms with Crippen LogP contribution >= 0.6 is 23.2 Å². The molecule has 0 nitrogen and oxygen atoms in total. The van der Waals surface area contributed by atoms with Crippen LogP contribution in [0.5, 0.6) is 0 Å². The zero-order valence-corrected chi connectivity index (χ0v) is 16.8. The maximum absolute atomic E-state index is 6.59. The van der Waals surface area contributed by atoms with Gasteiger partial charge in [-0.1, -0.05) is 103 Å². The molecule has 4 rings (SSSR count). The fraction of sp³-hybridized carbons (Fsp3) is 0. The van der Waals surface area contributed by atoms with Crippen LogP contribution in [0.4, 0.5) is 0 Å². The Kier molecular flexibility index (Phi) is 5.09. The van der Waals surface area contributed by atoms with Gasteiger partial charge in [0.2, 0.25) is 0 Å². The quantitative estimate of drug-likeness (QED) is 0.321. The molecule has 0 amide bonds. The van der Waals surface area contributed by atoms with E-state index in [-0.39, 0.29) is 0 Å². The molecule has 0 aliphatic carbocycles. The molecule has 0 N–H and O–H groups in total. The predicted molar refractivity (Wildman–Crippen MR) is 125 cm³/mol. The van der Waals surface area contributed by atoms with Gasteiger partial charge < -0.3 is 0 Å². The molecule has 2 heteroatoms. The van der Waals surface area contributed by atoms with Crippen LogP contribution in [-0.4, -0.2) is 0 Å². The Hall–Kier alpha value is -2.80. The molecule has 0 saturated heterocycles. The van der Waals surface area contributed by atoms with E-state index in [2.05, 4.69) is 43.5 Å². The standard InChI is InChI=1S/C26H18Cl2/c1-3-19-20(4-2)26(23-16-18(27)14-15-24(23)28)22-13-9-8-12-21(22)25(19)17-10-6-5-7-11-17/h3-16H,1-2H2. The summed E-state index contributed by atoms with van der Waals surface area (Å²) in [5.74, 6) is 0. The van der Waals surface area contributed by atoms with Gasteiger partial charge in [-0.05, 0) is 56.8 Å². The SMILES string of the molecule is C=Cc1c(C=C)c(-c2cc(Cl)ccc2Cl)c2ccccc2c1-c1ccccc1. The topological polar surface area (TPSA) is 0 Å². The number of halogens is 2. The van der Waals surface area contributed by atoms with E-state index in [0.29, 0.717) is 10.0 Å². The average Bonchev–Trinajstić information content (AvgIpc) is 2.74. The Bertz CT molecular complexity index is 1200. The normalized spacial score (nSPS) is 10.8. The highest BCUT2D eigenvalue weighted by Crippen LogP contribution is 2.45. The molecule has 0 aromatic heterocycles. The monoisotopic (exact) mass is 400 g/mol. The fourth-order valence-corrected chi connectivity index (χ4v) is 4.18. The molecule has 4 aromatic rings. The Morgan fingerprint density at radius 3 is 1.86 bits per heavy atom. The van der Waals surface area contributed by atoms with E-state index >= 15 is 0 Å². The lowest BCUT2D eigenvalue weighted by atomic mass is 9.83. The lowest BCUT2D eigenvalue weighted by Gasteiger charge is -2.20. The summed E-state index contributed by atoms with van der Waals surface area (Å²) in [5, 5.41) is 3.54. The van der Waals surface area contributed by atoms with Crippen LogP contribution in [0, 0.1) is 0 Å². The highest BCUT2D eigenvalue weighted by atomic mass is 35.5. The van der Waals surface area contributed by atoms with Gasteiger partial charge in [0.1, 0.15) is 0 Å². The van der Waals surface area contributed by atoms with E-state index in [0.717, 1.165) is 44.2 Å². The predicted octanol–water partition coefficient (Wildman–Crippen LogP) is 8.77. The van der Waals surface area contributed by atoms with Crippen LogP contribution in [0.1, 0.15) is 11.1 Å². The third-order valence-electron chi connectivity index (χ3n) is 4.96. The molecular weight excluding hydrogens is 383 g/mol. The van der Waals surface area contributed by atoms with Crippen molar-refractivity contribution in [3.8, 4) is 22.3 Å². The second-order valence-corrected chi connectivity index (χ2v) is 7.37. The van der Waals surface area contributed by atoms with Crippen molar-refractivity contribution in [3.63, 3.8) is 0 Å². The smallest absolute Gasteiger partial charge is 0.0485 e. The molecule has 0 radical (unpaired) electrons. The number of benzene rings is 4. The number of hydrogen-bond acceptors (Lipinski definition) is 0. The van der Waals surface area contributed by atoms with E-state index in [1.54, 1.807) is 6.07 Å². The summed E-state index contributed by atoms with van der Waals surface area (Å²) < 4.78 is 0. The molecule has 4 aromatic carbocycles. The molecule has 0 aliphatic heterocycles. The Morgan fingerprint density at radius 2 is 1.21 bits per heavy atom. The van der Waals surface area contributed by atoms with Crippen LogP contribution in [0.15, 0.2) is 86.0 Å².